The van der Waals surface area contributed by atoms with Crippen LogP contribution in [0.5, 0.6) is 5.75 Å². The Balaban J connectivity index is 1.78. The maximum absolute atomic E-state index is 12.7. The van der Waals surface area contributed by atoms with E-state index in [2.05, 4.69) is 0 Å². The molecule has 3 rings (SSSR count). The number of carboxylic acids is 1. The maximum atomic E-state index is 12.7. The molecule has 2 aliphatic heterocycles. The third-order valence-electron chi connectivity index (χ3n) is 4.42. The highest BCUT2D eigenvalue weighted by Crippen LogP contribution is 2.33. The number of carbonyl (C=O) groups is 2. The second kappa shape index (κ2) is 6.04. The number of hydrogen-bond donors (Lipinski definition) is 1. The average Bonchev–Trinajstić information content (AvgIpc) is 3.00. The highest BCUT2D eigenvalue weighted by Gasteiger charge is 2.46. The quantitative estimate of drug-likeness (QED) is 0.909. The summed E-state index contributed by atoms with van der Waals surface area (Å²) in [5.41, 5.74) is 0.392. The Kier molecular flexibility index (Phi) is 4.09. The first-order valence-corrected chi connectivity index (χ1v) is 7.50. The molecule has 122 valence electrons. The van der Waals surface area contributed by atoms with Gasteiger partial charge in [-0.3, -0.25) is 9.59 Å². The highest BCUT2D eigenvalue weighted by atomic mass is 16.5. The summed E-state index contributed by atoms with van der Waals surface area (Å²) in [5.74, 6) is -0.336. The van der Waals surface area contributed by atoms with Crippen molar-refractivity contribution in [2.75, 3.05) is 33.4 Å². The number of hydrogen-bond acceptors (Lipinski definition) is 4. The van der Waals surface area contributed by atoms with Gasteiger partial charge in [0.05, 0.1) is 12.2 Å². The first kappa shape index (κ1) is 15.6. The standard InChI is InChI=1S/C17H19NO5/c1-22-11-17(16(20)21)6-7-18(10-17)15(19)13-8-12-4-2-3-5-14(12)23-9-13/h2-5,8H,6-7,9-11H2,1H3,(H,20,21). The molecule has 1 aromatic rings. The van der Waals surface area contributed by atoms with Crippen molar-refractivity contribution in [3.05, 3.63) is 35.4 Å². The molecule has 6 nitrogen and oxygen atoms in total. The van der Waals surface area contributed by atoms with Crippen LogP contribution in [0.4, 0.5) is 0 Å². The van der Waals surface area contributed by atoms with Gasteiger partial charge in [-0.05, 0) is 18.6 Å². The summed E-state index contributed by atoms with van der Waals surface area (Å²) in [6.07, 6.45) is 2.21. The number of rotatable bonds is 4. The number of carbonyl (C=O) groups excluding carboxylic acids is 1. The molecule has 6 heteroatoms. The monoisotopic (exact) mass is 317 g/mol. The van der Waals surface area contributed by atoms with E-state index in [1.165, 1.54) is 7.11 Å². The molecule has 0 bridgehead atoms. The third-order valence-corrected chi connectivity index (χ3v) is 4.42. The van der Waals surface area contributed by atoms with Crippen molar-refractivity contribution in [3.63, 3.8) is 0 Å². The lowest BCUT2D eigenvalue weighted by atomic mass is 9.88. The van der Waals surface area contributed by atoms with Crippen molar-refractivity contribution in [2.24, 2.45) is 5.41 Å². The number of benzene rings is 1. The molecule has 1 N–H and O–H groups in total. The number of nitrogens with zero attached hydrogens (tertiary/aromatic N) is 1. The van der Waals surface area contributed by atoms with Gasteiger partial charge in [-0.1, -0.05) is 18.2 Å². The van der Waals surface area contributed by atoms with Crippen LogP contribution in [0.3, 0.4) is 0 Å². The fourth-order valence-corrected chi connectivity index (χ4v) is 3.12. The van der Waals surface area contributed by atoms with E-state index in [0.717, 1.165) is 11.3 Å². The summed E-state index contributed by atoms with van der Waals surface area (Å²) in [7, 11) is 1.48. The van der Waals surface area contributed by atoms with E-state index in [1.54, 1.807) is 4.90 Å². The van der Waals surface area contributed by atoms with Crippen molar-refractivity contribution < 1.29 is 24.2 Å². The van der Waals surface area contributed by atoms with Gasteiger partial charge in [0.15, 0.2) is 0 Å². The number of amides is 1. The minimum Gasteiger partial charge on any atom is -0.488 e. The molecule has 1 unspecified atom stereocenters. The van der Waals surface area contributed by atoms with E-state index in [1.807, 2.05) is 30.3 Å². The maximum Gasteiger partial charge on any atom is 0.313 e. The van der Waals surface area contributed by atoms with Crippen molar-refractivity contribution in [3.8, 4) is 5.75 Å². The molecule has 1 fully saturated rings. The van der Waals surface area contributed by atoms with Gasteiger partial charge in [-0.25, -0.2) is 0 Å². The lowest BCUT2D eigenvalue weighted by Crippen LogP contribution is -2.41. The van der Waals surface area contributed by atoms with E-state index >= 15 is 0 Å². The predicted molar refractivity (Wildman–Crippen MR) is 83.1 cm³/mol. The molecule has 0 saturated carbocycles. The van der Waals surface area contributed by atoms with Crippen molar-refractivity contribution in [1.82, 2.24) is 4.90 Å². The number of carboxylic acid groups (broad SMARTS) is 1. The molecule has 1 atom stereocenters. The Bertz CT molecular complexity index is 669. The van der Waals surface area contributed by atoms with Gasteiger partial charge in [0.2, 0.25) is 0 Å². The number of ether oxygens (including phenoxy) is 2. The van der Waals surface area contributed by atoms with Gasteiger partial charge >= 0.3 is 5.97 Å². The predicted octanol–water partition coefficient (Wildman–Crippen LogP) is 1.41. The Morgan fingerprint density at radius 1 is 1.39 bits per heavy atom. The zero-order valence-electron chi connectivity index (χ0n) is 12.9. The molecule has 0 aliphatic carbocycles. The topological polar surface area (TPSA) is 76.1 Å². The van der Waals surface area contributed by atoms with E-state index in [4.69, 9.17) is 9.47 Å². The third kappa shape index (κ3) is 2.82. The van der Waals surface area contributed by atoms with Crippen LogP contribution in [0, 0.1) is 5.41 Å². The normalized spacial score (nSPS) is 23.0. The van der Waals surface area contributed by atoms with Crippen LogP contribution >= 0.6 is 0 Å². The molecule has 1 aromatic carbocycles. The first-order chi connectivity index (χ1) is 11.1. The zero-order chi connectivity index (χ0) is 16.4. The number of methoxy groups -OCH3 is 1. The smallest absolute Gasteiger partial charge is 0.313 e. The second-order valence-electron chi connectivity index (χ2n) is 5.99. The summed E-state index contributed by atoms with van der Waals surface area (Å²) in [5, 5.41) is 9.48. The Labute approximate surface area is 134 Å². The van der Waals surface area contributed by atoms with Crippen LogP contribution in [-0.2, 0) is 14.3 Å². The molecule has 23 heavy (non-hydrogen) atoms. The second-order valence-corrected chi connectivity index (χ2v) is 5.99. The largest absolute Gasteiger partial charge is 0.488 e. The number of aliphatic carboxylic acids is 1. The van der Waals surface area contributed by atoms with Gasteiger partial charge in [0.25, 0.3) is 5.91 Å². The van der Waals surface area contributed by atoms with Crippen LogP contribution in [0.1, 0.15) is 12.0 Å². The SMILES string of the molecule is COCC1(C(=O)O)CCN(C(=O)C2=Cc3ccccc3OC2)C1. The number of para-hydroxylation sites is 1. The van der Waals surface area contributed by atoms with Gasteiger partial charge < -0.3 is 19.5 Å². The highest BCUT2D eigenvalue weighted by molar-refractivity contribution is 5.99. The lowest BCUT2D eigenvalue weighted by molar-refractivity contribution is -0.151. The van der Waals surface area contributed by atoms with Gasteiger partial charge in [-0.2, -0.15) is 0 Å². The van der Waals surface area contributed by atoms with Crippen LogP contribution in [0.15, 0.2) is 29.8 Å². The molecule has 0 spiro atoms. The minimum absolute atomic E-state index is 0.102. The summed E-state index contributed by atoms with van der Waals surface area (Å²) < 4.78 is 10.7. The Hall–Kier alpha value is -2.34. The van der Waals surface area contributed by atoms with Gasteiger partial charge in [0, 0.05) is 25.8 Å². The fraction of sp³-hybridized carbons (Fsp3) is 0.412. The summed E-state index contributed by atoms with van der Waals surface area (Å²) >= 11 is 0. The molecule has 2 heterocycles. The summed E-state index contributed by atoms with van der Waals surface area (Å²) in [6, 6.07) is 7.51. The van der Waals surface area contributed by atoms with Crippen LogP contribution in [0.25, 0.3) is 6.08 Å². The van der Waals surface area contributed by atoms with E-state index < -0.39 is 11.4 Å². The molecular formula is C17H19NO5. The van der Waals surface area contributed by atoms with Crippen LogP contribution in [0.2, 0.25) is 0 Å². The zero-order valence-corrected chi connectivity index (χ0v) is 12.9. The summed E-state index contributed by atoms with van der Waals surface area (Å²) in [4.78, 5) is 25.8. The molecular weight excluding hydrogens is 298 g/mol. The van der Waals surface area contributed by atoms with Crippen LogP contribution in [-0.4, -0.2) is 55.3 Å². The molecule has 2 aliphatic rings. The molecule has 0 radical (unpaired) electrons. The Morgan fingerprint density at radius 2 is 2.17 bits per heavy atom. The van der Waals surface area contributed by atoms with Crippen molar-refractivity contribution >= 4 is 18.0 Å². The van der Waals surface area contributed by atoms with Crippen molar-refractivity contribution in [2.45, 2.75) is 6.42 Å². The fourth-order valence-electron chi connectivity index (χ4n) is 3.12. The molecule has 1 saturated heterocycles. The molecule has 1 amide bonds. The van der Waals surface area contributed by atoms with Crippen LogP contribution < -0.4 is 4.74 Å². The van der Waals surface area contributed by atoms with E-state index in [9.17, 15) is 14.7 Å². The van der Waals surface area contributed by atoms with Gasteiger partial charge in [0.1, 0.15) is 17.8 Å². The number of fused-ring (bicyclic) bond motifs is 1. The van der Waals surface area contributed by atoms with Crippen molar-refractivity contribution in [1.29, 1.82) is 0 Å². The molecule has 0 aromatic heterocycles. The van der Waals surface area contributed by atoms with Gasteiger partial charge in [-0.15, -0.1) is 0 Å². The average molecular weight is 317 g/mol. The lowest BCUT2D eigenvalue weighted by Gasteiger charge is -2.25. The minimum atomic E-state index is -1.02. The van der Waals surface area contributed by atoms with E-state index in [0.29, 0.717) is 18.5 Å². The summed E-state index contributed by atoms with van der Waals surface area (Å²) in [6.45, 7) is 0.878. The Morgan fingerprint density at radius 3 is 2.91 bits per heavy atom. The van der Waals surface area contributed by atoms with E-state index in [-0.39, 0.29) is 25.7 Å². The number of likely N-dealkylation sites (tertiary alicyclic amines) is 1. The first-order valence-electron chi connectivity index (χ1n) is 7.50.